The third kappa shape index (κ3) is 4.40. The summed E-state index contributed by atoms with van der Waals surface area (Å²) in [6.45, 7) is 2.47. The molecule has 5 nitrogen and oxygen atoms in total. The zero-order chi connectivity index (χ0) is 14.8. The quantitative estimate of drug-likeness (QED) is 0.877. The van der Waals surface area contributed by atoms with Crippen molar-refractivity contribution >= 4 is 22.4 Å². The predicted molar refractivity (Wildman–Crippen MR) is 87.0 cm³/mol. The van der Waals surface area contributed by atoms with Gasteiger partial charge in [0.05, 0.1) is 4.90 Å². The van der Waals surface area contributed by atoms with Crippen molar-refractivity contribution in [3.05, 3.63) is 29.8 Å². The maximum Gasteiger partial charge on any atom is 0.243 e. The third-order valence-electron chi connectivity index (χ3n) is 3.64. The zero-order valence-corrected chi connectivity index (χ0v) is 14.2. The van der Waals surface area contributed by atoms with E-state index in [1.807, 2.05) is 26.2 Å². The van der Waals surface area contributed by atoms with Crippen LogP contribution in [0.2, 0.25) is 0 Å². The fourth-order valence-electron chi connectivity index (χ4n) is 2.49. The fraction of sp³-hybridized carbons (Fsp3) is 0.571. The van der Waals surface area contributed by atoms with Gasteiger partial charge in [-0.2, -0.15) is 4.31 Å². The number of rotatable bonds is 5. The standard InChI is InChI=1S/C14H23N3O2S.ClH/c1-16(2)10-12-3-5-14(6-4-12)20(18,19)17-8-7-13(9-15)11-17;/h3-6,13H,7-11,15H2,1-2H3;1H. The van der Waals surface area contributed by atoms with E-state index in [9.17, 15) is 8.42 Å². The molecule has 21 heavy (non-hydrogen) atoms. The molecule has 1 fully saturated rings. The Morgan fingerprint density at radius 2 is 1.90 bits per heavy atom. The van der Waals surface area contributed by atoms with Crippen molar-refractivity contribution in [2.24, 2.45) is 11.7 Å². The molecule has 0 spiro atoms. The summed E-state index contributed by atoms with van der Waals surface area (Å²) in [7, 11) is 0.613. The monoisotopic (exact) mass is 333 g/mol. The van der Waals surface area contributed by atoms with Crippen molar-refractivity contribution in [3.63, 3.8) is 0 Å². The molecule has 1 saturated heterocycles. The van der Waals surface area contributed by atoms with E-state index in [0.717, 1.165) is 18.5 Å². The van der Waals surface area contributed by atoms with E-state index in [1.54, 1.807) is 16.4 Å². The van der Waals surface area contributed by atoms with Crippen LogP contribution in [0.4, 0.5) is 0 Å². The minimum absolute atomic E-state index is 0. The highest BCUT2D eigenvalue weighted by Crippen LogP contribution is 2.24. The highest BCUT2D eigenvalue weighted by atomic mass is 35.5. The van der Waals surface area contributed by atoms with E-state index in [-0.39, 0.29) is 18.3 Å². The lowest BCUT2D eigenvalue weighted by Gasteiger charge is -2.17. The first-order chi connectivity index (χ1) is 9.43. The minimum Gasteiger partial charge on any atom is -0.330 e. The first-order valence-corrected chi connectivity index (χ1v) is 8.31. The molecule has 0 aliphatic carbocycles. The maximum atomic E-state index is 12.5. The molecular formula is C14H24ClN3O2S. The molecule has 0 bridgehead atoms. The molecule has 0 aromatic heterocycles. The van der Waals surface area contributed by atoms with Gasteiger partial charge in [0.1, 0.15) is 0 Å². The Labute approximate surface area is 133 Å². The van der Waals surface area contributed by atoms with Crippen molar-refractivity contribution in [3.8, 4) is 0 Å². The molecule has 1 aromatic rings. The summed E-state index contributed by atoms with van der Waals surface area (Å²) in [6.07, 6.45) is 0.856. The average Bonchev–Trinajstić information content (AvgIpc) is 2.88. The number of hydrogen-bond acceptors (Lipinski definition) is 4. The molecule has 120 valence electrons. The van der Waals surface area contributed by atoms with E-state index in [2.05, 4.69) is 4.90 Å². The van der Waals surface area contributed by atoms with Crippen molar-refractivity contribution in [2.75, 3.05) is 33.7 Å². The summed E-state index contributed by atoms with van der Waals surface area (Å²) in [5.41, 5.74) is 6.72. The number of nitrogens with two attached hydrogens (primary N) is 1. The van der Waals surface area contributed by atoms with Gasteiger partial charge in [0.15, 0.2) is 0 Å². The van der Waals surface area contributed by atoms with Crippen LogP contribution in [0.3, 0.4) is 0 Å². The molecule has 1 heterocycles. The number of nitrogens with zero attached hydrogens (tertiary/aromatic N) is 2. The lowest BCUT2D eigenvalue weighted by molar-refractivity contribution is 0.402. The van der Waals surface area contributed by atoms with Crippen molar-refractivity contribution in [1.82, 2.24) is 9.21 Å². The molecule has 7 heteroatoms. The van der Waals surface area contributed by atoms with Crippen molar-refractivity contribution in [2.45, 2.75) is 17.9 Å². The van der Waals surface area contributed by atoms with Crippen LogP contribution in [0.25, 0.3) is 0 Å². The second-order valence-electron chi connectivity index (χ2n) is 5.64. The van der Waals surface area contributed by atoms with E-state index in [0.29, 0.717) is 24.5 Å². The second kappa shape index (κ2) is 7.56. The second-order valence-corrected chi connectivity index (χ2v) is 7.57. The largest absolute Gasteiger partial charge is 0.330 e. The molecule has 0 saturated carbocycles. The van der Waals surface area contributed by atoms with Gasteiger partial charge in [-0.1, -0.05) is 12.1 Å². The highest BCUT2D eigenvalue weighted by Gasteiger charge is 2.31. The van der Waals surface area contributed by atoms with Crippen molar-refractivity contribution in [1.29, 1.82) is 0 Å². The molecular weight excluding hydrogens is 310 g/mol. The van der Waals surface area contributed by atoms with Gasteiger partial charge in [-0.25, -0.2) is 8.42 Å². The summed E-state index contributed by atoms with van der Waals surface area (Å²) in [6, 6.07) is 7.15. The van der Waals surface area contributed by atoms with Crippen LogP contribution in [0.15, 0.2) is 29.2 Å². The summed E-state index contributed by atoms with van der Waals surface area (Å²) >= 11 is 0. The van der Waals surface area contributed by atoms with Crippen molar-refractivity contribution < 1.29 is 8.42 Å². The number of sulfonamides is 1. The first-order valence-electron chi connectivity index (χ1n) is 6.87. The highest BCUT2D eigenvalue weighted by molar-refractivity contribution is 7.89. The Morgan fingerprint density at radius 1 is 1.29 bits per heavy atom. The molecule has 0 radical (unpaired) electrons. The van der Waals surface area contributed by atoms with Crippen LogP contribution in [0, 0.1) is 5.92 Å². The van der Waals surface area contributed by atoms with E-state index < -0.39 is 10.0 Å². The summed E-state index contributed by atoms with van der Waals surface area (Å²) in [4.78, 5) is 2.42. The average molecular weight is 334 g/mol. The van der Waals surface area contributed by atoms with Gasteiger partial charge in [-0.3, -0.25) is 0 Å². The number of benzene rings is 1. The summed E-state index contributed by atoms with van der Waals surface area (Å²) in [5, 5.41) is 0. The Hall–Kier alpha value is -0.660. The molecule has 0 amide bonds. The Bertz CT molecular complexity index is 546. The molecule has 2 N–H and O–H groups in total. The van der Waals surface area contributed by atoms with Gasteiger partial charge in [0, 0.05) is 19.6 Å². The predicted octanol–water partition coefficient (Wildman–Crippen LogP) is 1.14. The lowest BCUT2D eigenvalue weighted by atomic mass is 10.1. The van der Waals surface area contributed by atoms with Gasteiger partial charge in [-0.15, -0.1) is 12.4 Å². The minimum atomic E-state index is -3.36. The molecule has 1 aromatic carbocycles. The topological polar surface area (TPSA) is 66.6 Å². The summed E-state index contributed by atoms with van der Waals surface area (Å²) in [5.74, 6) is 0.290. The van der Waals surface area contributed by atoms with Gasteiger partial charge in [-0.05, 0) is 50.7 Å². The van der Waals surface area contributed by atoms with Crippen LogP contribution < -0.4 is 5.73 Å². The van der Waals surface area contributed by atoms with E-state index in [4.69, 9.17) is 5.73 Å². The Balaban J connectivity index is 0.00000220. The van der Waals surface area contributed by atoms with Crippen LogP contribution in [-0.4, -0.2) is 51.4 Å². The molecule has 2 rings (SSSR count). The van der Waals surface area contributed by atoms with Crippen LogP contribution >= 0.6 is 12.4 Å². The smallest absolute Gasteiger partial charge is 0.243 e. The number of halogens is 1. The molecule has 1 unspecified atom stereocenters. The van der Waals surface area contributed by atoms with E-state index in [1.165, 1.54) is 0 Å². The first kappa shape index (κ1) is 18.4. The molecule has 1 atom stereocenters. The van der Waals surface area contributed by atoms with Gasteiger partial charge in [0.25, 0.3) is 0 Å². The van der Waals surface area contributed by atoms with Crippen LogP contribution in [-0.2, 0) is 16.6 Å². The number of hydrogen-bond donors (Lipinski definition) is 1. The Morgan fingerprint density at radius 3 is 2.38 bits per heavy atom. The third-order valence-corrected chi connectivity index (χ3v) is 5.52. The van der Waals surface area contributed by atoms with Crippen LogP contribution in [0.5, 0.6) is 0 Å². The summed E-state index contributed by atoms with van der Waals surface area (Å²) < 4.78 is 26.6. The molecule has 1 aliphatic heterocycles. The SMILES string of the molecule is CN(C)Cc1ccc(S(=O)(=O)N2CCC(CN)C2)cc1.Cl. The molecule has 1 aliphatic rings. The van der Waals surface area contributed by atoms with Crippen LogP contribution in [0.1, 0.15) is 12.0 Å². The zero-order valence-electron chi connectivity index (χ0n) is 12.5. The van der Waals surface area contributed by atoms with E-state index >= 15 is 0 Å². The Kier molecular flexibility index (Phi) is 6.62. The van der Waals surface area contributed by atoms with Gasteiger partial charge in [0.2, 0.25) is 10.0 Å². The van der Waals surface area contributed by atoms with Gasteiger partial charge < -0.3 is 10.6 Å². The van der Waals surface area contributed by atoms with Gasteiger partial charge >= 0.3 is 0 Å². The fourth-order valence-corrected chi connectivity index (χ4v) is 4.02. The lowest BCUT2D eigenvalue weighted by Crippen LogP contribution is -2.30. The maximum absolute atomic E-state index is 12.5. The normalized spacial score (nSPS) is 19.7.